The molecule has 2 aliphatic heterocycles. The fraction of sp³-hybridized carbons (Fsp3) is 0.500. The molecule has 2 aromatic rings. The molecule has 2 fully saturated rings. The second kappa shape index (κ2) is 11.5. The van der Waals surface area contributed by atoms with Crippen molar-refractivity contribution >= 4 is 5.91 Å². The van der Waals surface area contributed by atoms with Crippen molar-refractivity contribution in [2.24, 2.45) is 0 Å². The van der Waals surface area contributed by atoms with Crippen molar-refractivity contribution < 1.29 is 19.0 Å². The Bertz CT molecular complexity index is 829. The molecule has 2 aromatic carbocycles. The average molecular weight is 439 g/mol. The van der Waals surface area contributed by atoms with Gasteiger partial charge >= 0.3 is 0 Å². The number of rotatable bonds is 8. The first-order valence-electron chi connectivity index (χ1n) is 11.7. The standard InChI is InChI=1S/C26H34N2O4/c1-27(19-25-20-30-17-18-31-25)26(29)22-7-9-23(10-8-22)32-24-12-15-28(16-13-24)14-11-21-5-3-2-4-6-21/h2-10,24-25H,11-20H2,1H3/t25-/m0/s1. The maximum Gasteiger partial charge on any atom is 0.253 e. The van der Waals surface area contributed by atoms with E-state index in [1.54, 1.807) is 11.9 Å². The molecule has 6 heteroatoms. The van der Waals surface area contributed by atoms with E-state index in [-0.39, 0.29) is 18.1 Å². The molecule has 172 valence electrons. The van der Waals surface area contributed by atoms with Crippen LogP contribution in [-0.4, -0.2) is 81.0 Å². The maximum atomic E-state index is 12.7. The number of hydrogen-bond donors (Lipinski definition) is 0. The van der Waals surface area contributed by atoms with Gasteiger partial charge in [-0.15, -0.1) is 0 Å². The number of likely N-dealkylation sites (tertiary alicyclic amines) is 1. The molecule has 2 heterocycles. The Labute approximate surface area is 191 Å². The summed E-state index contributed by atoms with van der Waals surface area (Å²) < 4.78 is 17.3. The Morgan fingerprint density at radius 3 is 2.50 bits per heavy atom. The third kappa shape index (κ3) is 6.55. The van der Waals surface area contributed by atoms with E-state index in [1.807, 2.05) is 24.3 Å². The molecule has 1 amide bonds. The largest absolute Gasteiger partial charge is 0.490 e. The van der Waals surface area contributed by atoms with Crippen molar-refractivity contribution in [2.75, 3.05) is 53.0 Å². The molecule has 0 aromatic heterocycles. The summed E-state index contributed by atoms with van der Waals surface area (Å²) in [5.41, 5.74) is 2.05. The lowest BCUT2D eigenvalue weighted by molar-refractivity contribution is -0.0933. The van der Waals surface area contributed by atoms with Crippen molar-refractivity contribution in [3.63, 3.8) is 0 Å². The number of benzene rings is 2. The van der Waals surface area contributed by atoms with Crippen LogP contribution in [0.15, 0.2) is 54.6 Å². The van der Waals surface area contributed by atoms with Crippen molar-refractivity contribution in [1.29, 1.82) is 0 Å². The number of likely N-dealkylation sites (N-methyl/N-ethyl adjacent to an activating group) is 1. The van der Waals surface area contributed by atoms with Gasteiger partial charge in [0, 0.05) is 38.8 Å². The van der Waals surface area contributed by atoms with Gasteiger partial charge in [-0.3, -0.25) is 4.79 Å². The predicted molar refractivity (Wildman–Crippen MR) is 124 cm³/mol. The lowest BCUT2D eigenvalue weighted by Gasteiger charge is -2.32. The van der Waals surface area contributed by atoms with Gasteiger partial charge in [-0.2, -0.15) is 0 Å². The summed E-state index contributed by atoms with van der Waals surface area (Å²) >= 11 is 0. The van der Waals surface area contributed by atoms with Crippen LogP contribution < -0.4 is 4.74 Å². The van der Waals surface area contributed by atoms with Crippen LogP contribution in [-0.2, 0) is 15.9 Å². The van der Waals surface area contributed by atoms with E-state index in [1.165, 1.54) is 5.56 Å². The Morgan fingerprint density at radius 2 is 1.81 bits per heavy atom. The minimum atomic E-state index is -0.0566. The van der Waals surface area contributed by atoms with E-state index in [0.29, 0.717) is 31.9 Å². The molecule has 6 nitrogen and oxygen atoms in total. The molecule has 0 spiro atoms. The van der Waals surface area contributed by atoms with Gasteiger partial charge in [-0.05, 0) is 49.1 Å². The van der Waals surface area contributed by atoms with Crippen LogP contribution in [0.1, 0.15) is 28.8 Å². The Morgan fingerprint density at radius 1 is 1.06 bits per heavy atom. The molecule has 1 atom stereocenters. The summed E-state index contributed by atoms with van der Waals surface area (Å²) in [6, 6.07) is 18.2. The molecular formula is C26H34N2O4. The van der Waals surface area contributed by atoms with Gasteiger partial charge in [0.2, 0.25) is 0 Å². The normalized spacial score (nSPS) is 20.1. The number of amides is 1. The molecule has 0 radical (unpaired) electrons. The second-order valence-corrected chi connectivity index (χ2v) is 8.67. The zero-order valence-corrected chi connectivity index (χ0v) is 18.9. The molecule has 0 bridgehead atoms. The van der Waals surface area contributed by atoms with Gasteiger partial charge in [0.05, 0.1) is 25.9 Å². The highest BCUT2D eigenvalue weighted by atomic mass is 16.6. The number of hydrogen-bond acceptors (Lipinski definition) is 5. The topological polar surface area (TPSA) is 51.2 Å². The quantitative estimate of drug-likeness (QED) is 0.633. The van der Waals surface area contributed by atoms with Crippen molar-refractivity contribution in [3.8, 4) is 5.75 Å². The van der Waals surface area contributed by atoms with Crippen LogP contribution in [0.3, 0.4) is 0 Å². The highest BCUT2D eigenvalue weighted by Gasteiger charge is 2.22. The van der Waals surface area contributed by atoms with Crippen molar-refractivity contribution in [2.45, 2.75) is 31.5 Å². The molecule has 0 aliphatic carbocycles. The number of nitrogens with zero attached hydrogens (tertiary/aromatic N) is 2. The highest BCUT2D eigenvalue weighted by molar-refractivity contribution is 5.94. The average Bonchev–Trinajstić information content (AvgIpc) is 2.85. The highest BCUT2D eigenvalue weighted by Crippen LogP contribution is 2.20. The molecule has 2 saturated heterocycles. The smallest absolute Gasteiger partial charge is 0.253 e. The van der Waals surface area contributed by atoms with Gasteiger partial charge in [0.1, 0.15) is 11.9 Å². The van der Waals surface area contributed by atoms with Gasteiger partial charge in [-0.25, -0.2) is 0 Å². The number of carbonyl (C=O) groups excluding carboxylic acids is 1. The summed E-state index contributed by atoms with van der Waals surface area (Å²) in [7, 11) is 1.80. The van der Waals surface area contributed by atoms with E-state index in [4.69, 9.17) is 14.2 Å². The molecule has 0 saturated carbocycles. The third-order valence-electron chi connectivity index (χ3n) is 6.21. The van der Waals surface area contributed by atoms with Crippen LogP contribution in [0, 0.1) is 0 Å². The number of carbonyl (C=O) groups is 1. The summed E-state index contributed by atoms with van der Waals surface area (Å²) in [4.78, 5) is 16.9. The lowest BCUT2D eigenvalue weighted by atomic mass is 10.1. The third-order valence-corrected chi connectivity index (χ3v) is 6.21. The SMILES string of the molecule is CN(C[C@H]1COCCO1)C(=O)c1ccc(OC2CCN(CCc3ccccc3)CC2)cc1. The molecule has 4 rings (SSSR count). The first kappa shape index (κ1) is 22.8. The fourth-order valence-electron chi connectivity index (χ4n) is 4.30. The first-order valence-corrected chi connectivity index (χ1v) is 11.7. The molecule has 32 heavy (non-hydrogen) atoms. The summed E-state index contributed by atoms with van der Waals surface area (Å²) in [5.74, 6) is 0.813. The lowest BCUT2D eigenvalue weighted by Crippen LogP contribution is -2.40. The number of ether oxygens (including phenoxy) is 3. The van der Waals surface area contributed by atoms with Crippen LogP contribution in [0.2, 0.25) is 0 Å². The van der Waals surface area contributed by atoms with E-state index in [2.05, 4.69) is 35.2 Å². The van der Waals surface area contributed by atoms with E-state index in [9.17, 15) is 4.79 Å². The Balaban J connectivity index is 1.19. The zero-order chi connectivity index (χ0) is 22.2. The van der Waals surface area contributed by atoms with Crippen LogP contribution >= 0.6 is 0 Å². The van der Waals surface area contributed by atoms with Crippen LogP contribution in [0.25, 0.3) is 0 Å². The predicted octanol–water partition coefficient (Wildman–Crippen LogP) is 3.26. The minimum absolute atomic E-state index is 0.0163. The summed E-state index contributed by atoms with van der Waals surface area (Å²) in [5, 5.41) is 0. The van der Waals surface area contributed by atoms with Gasteiger partial charge in [0.15, 0.2) is 0 Å². The number of piperidine rings is 1. The van der Waals surface area contributed by atoms with Crippen molar-refractivity contribution in [1.82, 2.24) is 9.80 Å². The molecular weight excluding hydrogens is 404 g/mol. The monoisotopic (exact) mass is 438 g/mol. The second-order valence-electron chi connectivity index (χ2n) is 8.67. The zero-order valence-electron chi connectivity index (χ0n) is 18.9. The maximum absolute atomic E-state index is 12.7. The van der Waals surface area contributed by atoms with Crippen LogP contribution in [0.5, 0.6) is 5.75 Å². The minimum Gasteiger partial charge on any atom is -0.490 e. The van der Waals surface area contributed by atoms with Crippen molar-refractivity contribution in [3.05, 3.63) is 65.7 Å². The first-order chi connectivity index (χ1) is 15.7. The van der Waals surface area contributed by atoms with Gasteiger partial charge in [0.25, 0.3) is 5.91 Å². The summed E-state index contributed by atoms with van der Waals surface area (Å²) in [6.07, 6.45) is 3.33. The van der Waals surface area contributed by atoms with Gasteiger partial charge in [-0.1, -0.05) is 30.3 Å². The van der Waals surface area contributed by atoms with Gasteiger partial charge < -0.3 is 24.0 Å². The Hall–Kier alpha value is -2.41. The molecule has 2 aliphatic rings. The Kier molecular flexibility index (Phi) is 8.15. The molecule has 0 N–H and O–H groups in total. The fourth-order valence-corrected chi connectivity index (χ4v) is 4.30. The van der Waals surface area contributed by atoms with Crippen LogP contribution in [0.4, 0.5) is 0 Å². The molecule has 0 unspecified atom stereocenters. The summed E-state index contributed by atoms with van der Waals surface area (Å²) in [6.45, 7) is 5.50. The van der Waals surface area contributed by atoms with E-state index < -0.39 is 0 Å². The van der Waals surface area contributed by atoms with E-state index >= 15 is 0 Å². The van der Waals surface area contributed by atoms with E-state index in [0.717, 1.165) is 44.6 Å².